The SMILES string of the molecule is CCCC(Oc1ccc([N+](=O)[O-])cc1CN)C(=O)OCC. The number of hydrogen-bond acceptors (Lipinski definition) is 6. The monoisotopic (exact) mass is 296 g/mol. The van der Waals surface area contributed by atoms with Crippen molar-refractivity contribution in [2.24, 2.45) is 5.73 Å². The minimum atomic E-state index is -0.735. The van der Waals surface area contributed by atoms with E-state index in [9.17, 15) is 14.9 Å². The van der Waals surface area contributed by atoms with Crippen molar-refractivity contribution in [2.45, 2.75) is 39.3 Å². The number of nitro groups is 1. The van der Waals surface area contributed by atoms with E-state index >= 15 is 0 Å². The Labute approximate surface area is 123 Å². The maximum Gasteiger partial charge on any atom is 0.347 e. The Morgan fingerprint density at radius 2 is 2.14 bits per heavy atom. The molecule has 116 valence electrons. The van der Waals surface area contributed by atoms with Gasteiger partial charge in [-0.3, -0.25) is 10.1 Å². The Morgan fingerprint density at radius 3 is 2.67 bits per heavy atom. The lowest BCUT2D eigenvalue weighted by atomic mass is 10.1. The number of hydrogen-bond donors (Lipinski definition) is 1. The molecule has 0 aliphatic carbocycles. The van der Waals surface area contributed by atoms with Crippen LogP contribution in [0.1, 0.15) is 32.3 Å². The van der Waals surface area contributed by atoms with Crippen molar-refractivity contribution in [3.8, 4) is 5.75 Å². The first-order valence-corrected chi connectivity index (χ1v) is 6.84. The number of carbonyl (C=O) groups is 1. The van der Waals surface area contributed by atoms with Gasteiger partial charge >= 0.3 is 5.97 Å². The summed E-state index contributed by atoms with van der Waals surface area (Å²) < 4.78 is 10.6. The zero-order valence-corrected chi connectivity index (χ0v) is 12.2. The molecule has 0 fully saturated rings. The molecule has 0 radical (unpaired) electrons. The lowest BCUT2D eigenvalue weighted by Crippen LogP contribution is -2.29. The van der Waals surface area contributed by atoms with Crippen LogP contribution < -0.4 is 10.5 Å². The van der Waals surface area contributed by atoms with Gasteiger partial charge in [0.05, 0.1) is 11.5 Å². The van der Waals surface area contributed by atoms with Crippen LogP contribution in [0.5, 0.6) is 5.75 Å². The van der Waals surface area contributed by atoms with E-state index in [0.29, 0.717) is 17.7 Å². The maximum atomic E-state index is 11.8. The summed E-state index contributed by atoms with van der Waals surface area (Å²) >= 11 is 0. The fourth-order valence-corrected chi connectivity index (χ4v) is 1.83. The topological polar surface area (TPSA) is 105 Å². The van der Waals surface area contributed by atoms with Crippen LogP contribution in [-0.4, -0.2) is 23.6 Å². The summed E-state index contributed by atoms with van der Waals surface area (Å²) in [5.74, 6) is -0.0738. The molecule has 1 atom stereocenters. The van der Waals surface area contributed by atoms with E-state index in [2.05, 4.69) is 0 Å². The molecule has 0 bridgehead atoms. The molecule has 0 aromatic heterocycles. The van der Waals surface area contributed by atoms with Gasteiger partial charge in [0.2, 0.25) is 0 Å². The van der Waals surface area contributed by atoms with Gasteiger partial charge in [0.15, 0.2) is 6.10 Å². The van der Waals surface area contributed by atoms with Gasteiger partial charge in [-0.2, -0.15) is 0 Å². The largest absolute Gasteiger partial charge is 0.478 e. The second-order valence-corrected chi connectivity index (χ2v) is 4.40. The van der Waals surface area contributed by atoms with Gasteiger partial charge in [0.1, 0.15) is 5.75 Å². The summed E-state index contributed by atoms with van der Waals surface area (Å²) in [6, 6.07) is 4.13. The quantitative estimate of drug-likeness (QED) is 0.448. The zero-order chi connectivity index (χ0) is 15.8. The number of ether oxygens (including phenoxy) is 2. The number of carbonyl (C=O) groups excluding carboxylic acids is 1. The molecule has 0 saturated heterocycles. The number of esters is 1. The number of nitro benzene ring substituents is 1. The highest BCUT2D eigenvalue weighted by molar-refractivity contribution is 5.75. The summed E-state index contributed by atoms with van der Waals surface area (Å²) in [6.45, 7) is 4.00. The van der Waals surface area contributed by atoms with Crippen LogP contribution in [-0.2, 0) is 16.1 Å². The zero-order valence-electron chi connectivity index (χ0n) is 12.2. The number of nitrogens with two attached hydrogens (primary N) is 1. The maximum absolute atomic E-state index is 11.8. The minimum Gasteiger partial charge on any atom is -0.478 e. The van der Waals surface area contributed by atoms with E-state index in [1.54, 1.807) is 6.92 Å². The Morgan fingerprint density at radius 1 is 1.43 bits per heavy atom. The third-order valence-corrected chi connectivity index (χ3v) is 2.84. The van der Waals surface area contributed by atoms with Crippen molar-refractivity contribution >= 4 is 11.7 Å². The molecule has 1 aromatic rings. The Kier molecular flexibility index (Phi) is 6.61. The summed E-state index contributed by atoms with van der Waals surface area (Å²) in [6.07, 6.45) is 0.510. The first kappa shape index (κ1) is 16.9. The van der Waals surface area contributed by atoms with E-state index in [1.807, 2.05) is 6.92 Å². The van der Waals surface area contributed by atoms with Gasteiger partial charge in [-0.25, -0.2) is 4.79 Å². The minimum absolute atomic E-state index is 0.0639. The summed E-state index contributed by atoms with van der Waals surface area (Å²) in [7, 11) is 0. The van der Waals surface area contributed by atoms with Gasteiger partial charge in [0, 0.05) is 24.2 Å². The van der Waals surface area contributed by atoms with Crippen molar-refractivity contribution in [1.82, 2.24) is 0 Å². The van der Waals surface area contributed by atoms with Crippen LogP contribution in [0, 0.1) is 10.1 Å². The number of benzene rings is 1. The van der Waals surface area contributed by atoms with Crippen LogP contribution in [0.25, 0.3) is 0 Å². The standard InChI is InChI=1S/C14H20N2O5/c1-3-5-13(14(17)20-4-2)21-12-7-6-11(16(18)19)8-10(12)9-15/h6-8,13H,3-5,9,15H2,1-2H3. The molecular formula is C14H20N2O5. The molecule has 2 N–H and O–H groups in total. The average molecular weight is 296 g/mol. The lowest BCUT2D eigenvalue weighted by Gasteiger charge is -2.18. The highest BCUT2D eigenvalue weighted by atomic mass is 16.6. The Balaban J connectivity index is 2.97. The van der Waals surface area contributed by atoms with Crippen molar-refractivity contribution < 1.29 is 19.2 Å². The molecule has 0 amide bonds. The van der Waals surface area contributed by atoms with Gasteiger partial charge in [-0.05, 0) is 19.4 Å². The second-order valence-electron chi connectivity index (χ2n) is 4.40. The molecule has 7 heteroatoms. The number of nitrogens with zero attached hydrogens (tertiary/aromatic N) is 1. The predicted octanol–water partition coefficient (Wildman–Crippen LogP) is 2.16. The Hall–Kier alpha value is -2.15. The van der Waals surface area contributed by atoms with Crippen LogP contribution >= 0.6 is 0 Å². The van der Waals surface area contributed by atoms with E-state index in [1.165, 1.54) is 18.2 Å². The summed E-state index contributed by atoms with van der Waals surface area (Å²) in [5, 5.41) is 10.7. The van der Waals surface area contributed by atoms with Crippen molar-refractivity contribution in [1.29, 1.82) is 0 Å². The third-order valence-electron chi connectivity index (χ3n) is 2.84. The first-order chi connectivity index (χ1) is 10.0. The van der Waals surface area contributed by atoms with E-state index in [0.717, 1.165) is 6.42 Å². The van der Waals surface area contributed by atoms with Crippen LogP contribution in [0.2, 0.25) is 0 Å². The highest BCUT2D eigenvalue weighted by Gasteiger charge is 2.22. The van der Waals surface area contributed by atoms with Gasteiger partial charge in [-0.15, -0.1) is 0 Å². The molecule has 1 unspecified atom stereocenters. The molecular weight excluding hydrogens is 276 g/mol. The number of non-ortho nitro benzene ring substituents is 1. The first-order valence-electron chi connectivity index (χ1n) is 6.84. The summed E-state index contributed by atoms with van der Waals surface area (Å²) in [4.78, 5) is 22.1. The molecule has 1 rings (SSSR count). The molecule has 21 heavy (non-hydrogen) atoms. The fraction of sp³-hybridized carbons (Fsp3) is 0.500. The summed E-state index contributed by atoms with van der Waals surface area (Å²) in [5.41, 5.74) is 6.00. The van der Waals surface area contributed by atoms with E-state index in [-0.39, 0.29) is 18.8 Å². The van der Waals surface area contributed by atoms with Crippen LogP contribution in [0.4, 0.5) is 5.69 Å². The van der Waals surface area contributed by atoms with Crippen molar-refractivity contribution in [2.75, 3.05) is 6.61 Å². The second kappa shape index (κ2) is 8.21. The van der Waals surface area contributed by atoms with Crippen molar-refractivity contribution in [3.63, 3.8) is 0 Å². The predicted molar refractivity (Wildman–Crippen MR) is 76.9 cm³/mol. The van der Waals surface area contributed by atoms with Crippen LogP contribution in [0.15, 0.2) is 18.2 Å². The third kappa shape index (κ3) is 4.71. The van der Waals surface area contributed by atoms with E-state index in [4.69, 9.17) is 15.2 Å². The van der Waals surface area contributed by atoms with Crippen molar-refractivity contribution in [3.05, 3.63) is 33.9 Å². The number of rotatable bonds is 8. The van der Waals surface area contributed by atoms with Gasteiger partial charge in [0.25, 0.3) is 5.69 Å². The lowest BCUT2D eigenvalue weighted by molar-refractivity contribution is -0.384. The fourth-order valence-electron chi connectivity index (χ4n) is 1.83. The Bertz CT molecular complexity index is 504. The normalized spacial score (nSPS) is 11.8. The highest BCUT2D eigenvalue weighted by Crippen LogP contribution is 2.25. The smallest absolute Gasteiger partial charge is 0.347 e. The molecule has 0 heterocycles. The van der Waals surface area contributed by atoms with E-state index < -0.39 is 17.0 Å². The molecule has 1 aromatic carbocycles. The molecule has 7 nitrogen and oxygen atoms in total. The molecule has 0 aliphatic rings. The molecule has 0 aliphatic heterocycles. The average Bonchev–Trinajstić information content (AvgIpc) is 2.47. The van der Waals surface area contributed by atoms with Gasteiger partial charge < -0.3 is 15.2 Å². The van der Waals surface area contributed by atoms with Crippen LogP contribution in [0.3, 0.4) is 0 Å². The molecule has 0 spiro atoms. The van der Waals surface area contributed by atoms with Gasteiger partial charge in [-0.1, -0.05) is 13.3 Å². The molecule has 0 saturated carbocycles.